The number of hydrogen-bond acceptors (Lipinski definition) is 3. The fraction of sp³-hybridized carbons (Fsp3) is 0.167. The van der Waals surface area contributed by atoms with Crippen molar-refractivity contribution in [2.24, 2.45) is 0 Å². The molecule has 0 aliphatic heterocycles. The van der Waals surface area contributed by atoms with E-state index in [0.717, 1.165) is 5.56 Å². The fourth-order valence-electron chi connectivity index (χ4n) is 1.86. The first-order valence-corrected chi connectivity index (χ1v) is 6.89. The van der Waals surface area contributed by atoms with Gasteiger partial charge < -0.3 is 9.47 Å². The lowest BCUT2D eigenvalue weighted by molar-refractivity contribution is -0.137. The quantitative estimate of drug-likeness (QED) is 0.457. The van der Waals surface area contributed by atoms with E-state index in [9.17, 15) is 4.79 Å². The Labute approximate surface area is 124 Å². The fourth-order valence-corrected chi connectivity index (χ4v) is 1.86. The molecule has 0 aromatic heterocycles. The van der Waals surface area contributed by atoms with Crippen LogP contribution in [-0.4, -0.2) is 12.6 Å². The van der Waals surface area contributed by atoms with Crippen LogP contribution in [0.15, 0.2) is 66.9 Å². The Morgan fingerprint density at radius 1 is 1.00 bits per heavy atom. The highest BCUT2D eigenvalue weighted by Gasteiger charge is 1.98. The summed E-state index contributed by atoms with van der Waals surface area (Å²) in [6, 6.07) is 18.3. The number of carbonyl (C=O) groups excluding carboxylic acids is 1. The molecule has 0 saturated carbocycles. The van der Waals surface area contributed by atoms with Crippen LogP contribution in [0.5, 0.6) is 0 Å². The minimum atomic E-state index is -0.392. The third-order valence-electron chi connectivity index (χ3n) is 2.90. The SMILES string of the molecule is CCOC(=O)/C=C/OCc1ccc(-c2ccccc2)cc1. The van der Waals surface area contributed by atoms with E-state index in [1.165, 1.54) is 23.5 Å². The van der Waals surface area contributed by atoms with E-state index < -0.39 is 5.97 Å². The van der Waals surface area contributed by atoms with E-state index in [1.807, 2.05) is 30.3 Å². The summed E-state index contributed by atoms with van der Waals surface area (Å²) < 4.78 is 10.1. The smallest absolute Gasteiger partial charge is 0.333 e. The zero-order valence-corrected chi connectivity index (χ0v) is 12.0. The molecule has 0 fully saturated rings. The van der Waals surface area contributed by atoms with Gasteiger partial charge in [-0.05, 0) is 23.6 Å². The van der Waals surface area contributed by atoms with Crippen LogP contribution in [0, 0.1) is 0 Å². The molecule has 0 unspecified atom stereocenters. The Hall–Kier alpha value is -2.55. The Morgan fingerprint density at radius 3 is 2.33 bits per heavy atom. The van der Waals surface area contributed by atoms with Gasteiger partial charge >= 0.3 is 5.97 Å². The van der Waals surface area contributed by atoms with Gasteiger partial charge in [-0.3, -0.25) is 0 Å². The summed E-state index contributed by atoms with van der Waals surface area (Å²) in [4.78, 5) is 11.1. The van der Waals surface area contributed by atoms with Crippen LogP contribution in [-0.2, 0) is 20.9 Å². The van der Waals surface area contributed by atoms with Gasteiger partial charge in [0.25, 0.3) is 0 Å². The van der Waals surface area contributed by atoms with Crippen molar-refractivity contribution in [3.8, 4) is 11.1 Å². The molecule has 108 valence electrons. The third kappa shape index (κ3) is 4.80. The van der Waals surface area contributed by atoms with Crippen molar-refractivity contribution in [2.45, 2.75) is 13.5 Å². The summed E-state index contributed by atoms with van der Waals surface area (Å²) in [5.41, 5.74) is 3.40. The number of ether oxygens (including phenoxy) is 2. The molecule has 0 heterocycles. The van der Waals surface area contributed by atoms with Crippen LogP contribution < -0.4 is 0 Å². The average Bonchev–Trinajstić information content (AvgIpc) is 2.53. The Bertz CT molecular complexity index is 586. The first kappa shape index (κ1) is 14.9. The summed E-state index contributed by atoms with van der Waals surface area (Å²) in [7, 11) is 0. The predicted octanol–water partition coefficient (Wildman–Crippen LogP) is 3.95. The largest absolute Gasteiger partial charge is 0.496 e. The molecule has 2 rings (SSSR count). The summed E-state index contributed by atoms with van der Waals surface area (Å²) in [5, 5.41) is 0. The van der Waals surface area contributed by atoms with Gasteiger partial charge in [0.15, 0.2) is 0 Å². The van der Waals surface area contributed by atoms with Crippen molar-refractivity contribution in [2.75, 3.05) is 6.61 Å². The number of carbonyl (C=O) groups is 1. The standard InChI is InChI=1S/C18H18O3/c1-2-21-18(19)12-13-20-14-15-8-10-17(11-9-15)16-6-4-3-5-7-16/h3-13H,2,14H2,1H3/b13-12+. The van der Waals surface area contributed by atoms with Crippen molar-refractivity contribution in [3.63, 3.8) is 0 Å². The molecule has 3 nitrogen and oxygen atoms in total. The van der Waals surface area contributed by atoms with E-state index in [1.54, 1.807) is 6.92 Å². The summed E-state index contributed by atoms with van der Waals surface area (Å²) >= 11 is 0. The molecule has 2 aromatic rings. The Morgan fingerprint density at radius 2 is 1.67 bits per heavy atom. The average molecular weight is 282 g/mol. The summed E-state index contributed by atoms with van der Waals surface area (Å²) in [5.74, 6) is -0.392. The minimum absolute atomic E-state index is 0.365. The Balaban J connectivity index is 1.87. The highest BCUT2D eigenvalue weighted by molar-refractivity contribution is 5.81. The predicted molar refractivity (Wildman–Crippen MR) is 82.4 cm³/mol. The van der Waals surface area contributed by atoms with Gasteiger partial charge in [-0.15, -0.1) is 0 Å². The van der Waals surface area contributed by atoms with Crippen molar-refractivity contribution in [3.05, 3.63) is 72.5 Å². The van der Waals surface area contributed by atoms with Gasteiger partial charge in [0.2, 0.25) is 0 Å². The highest BCUT2D eigenvalue weighted by Crippen LogP contribution is 2.19. The molecule has 0 atom stereocenters. The van der Waals surface area contributed by atoms with Gasteiger partial charge in [0, 0.05) is 0 Å². The van der Waals surface area contributed by atoms with E-state index in [-0.39, 0.29) is 0 Å². The van der Waals surface area contributed by atoms with Crippen LogP contribution >= 0.6 is 0 Å². The number of rotatable bonds is 6. The first-order valence-electron chi connectivity index (χ1n) is 6.89. The van der Waals surface area contributed by atoms with Gasteiger partial charge in [0.05, 0.1) is 18.9 Å². The van der Waals surface area contributed by atoms with Crippen LogP contribution in [0.1, 0.15) is 12.5 Å². The van der Waals surface area contributed by atoms with Crippen molar-refractivity contribution in [1.29, 1.82) is 0 Å². The van der Waals surface area contributed by atoms with Gasteiger partial charge in [-0.1, -0.05) is 54.6 Å². The molecule has 0 N–H and O–H groups in total. The molecule has 0 saturated heterocycles. The van der Waals surface area contributed by atoms with E-state index in [0.29, 0.717) is 13.2 Å². The molecule has 0 spiro atoms. The molecule has 0 aliphatic carbocycles. The molecular formula is C18H18O3. The number of hydrogen-bond donors (Lipinski definition) is 0. The maximum Gasteiger partial charge on any atom is 0.333 e. The lowest BCUT2D eigenvalue weighted by atomic mass is 10.0. The van der Waals surface area contributed by atoms with Crippen molar-refractivity contribution < 1.29 is 14.3 Å². The topological polar surface area (TPSA) is 35.5 Å². The van der Waals surface area contributed by atoms with Crippen LogP contribution in [0.2, 0.25) is 0 Å². The molecule has 0 amide bonds. The second-order valence-corrected chi connectivity index (χ2v) is 4.43. The van der Waals surface area contributed by atoms with Crippen LogP contribution in [0.4, 0.5) is 0 Å². The monoisotopic (exact) mass is 282 g/mol. The molecule has 2 aromatic carbocycles. The molecule has 21 heavy (non-hydrogen) atoms. The van der Waals surface area contributed by atoms with Gasteiger partial charge in [-0.25, -0.2) is 4.79 Å². The Kier molecular flexibility index (Phi) is 5.59. The van der Waals surface area contributed by atoms with Crippen molar-refractivity contribution >= 4 is 5.97 Å². The van der Waals surface area contributed by atoms with Crippen LogP contribution in [0.3, 0.4) is 0 Å². The molecule has 3 heteroatoms. The van der Waals surface area contributed by atoms with E-state index in [2.05, 4.69) is 24.3 Å². The second-order valence-electron chi connectivity index (χ2n) is 4.43. The first-order chi connectivity index (χ1) is 10.3. The summed E-state index contributed by atoms with van der Waals surface area (Å²) in [6.07, 6.45) is 2.64. The zero-order valence-electron chi connectivity index (χ0n) is 12.0. The lowest BCUT2D eigenvalue weighted by Crippen LogP contribution is -1.99. The highest BCUT2D eigenvalue weighted by atomic mass is 16.5. The van der Waals surface area contributed by atoms with Crippen LogP contribution in [0.25, 0.3) is 11.1 Å². The minimum Gasteiger partial charge on any atom is -0.496 e. The second kappa shape index (κ2) is 7.90. The lowest BCUT2D eigenvalue weighted by Gasteiger charge is -2.04. The molecule has 0 bridgehead atoms. The molecular weight excluding hydrogens is 264 g/mol. The zero-order chi connectivity index (χ0) is 14.9. The number of benzene rings is 2. The summed E-state index contributed by atoms with van der Waals surface area (Å²) in [6.45, 7) is 2.55. The molecule has 0 radical (unpaired) electrons. The maximum atomic E-state index is 11.1. The number of esters is 1. The maximum absolute atomic E-state index is 11.1. The molecule has 0 aliphatic rings. The van der Waals surface area contributed by atoms with E-state index >= 15 is 0 Å². The normalized spacial score (nSPS) is 10.5. The van der Waals surface area contributed by atoms with Crippen molar-refractivity contribution in [1.82, 2.24) is 0 Å². The van der Waals surface area contributed by atoms with E-state index in [4.69, 9.17) is 9.47 Å². The van der Waals surface area contributed by atoms with Gasteiger partial charge in [-0.2, -0.15) is 0 Å². The van der Waals surface area contributed by atoms with Gasteiger partial charge in [0.1, 0.15) is 6.61 Å². The third-order valence-corrected chi connectivity index (χ3v) is 2.90.